The Labute approximate surface area is 121 Å². The van der Waals surface area contributed by atoms with Gasteiger partial charge in [0, 0.05) is 13.2 Å². The van der Waals surface area contributed by atoms with E-state index in [1.165, 1.54) is 6.20 Å². The van der Waals surface area contributed by atoms with E-state index in [0.29, 0.717) is 10.8 Å². The second kappa shape index (κ2) is 6.09. The minimum atomic E-state index is -0.979. The summed E-state index contributed by atoms with van der Waals surface area (Å²) in [4.78, 5) is 28.7. The van der Waals surface area contributed by atoms with Gasteiger partial charge in [-0.3, -0.25) is 4.79 Å². The van der Waals surface area contributed by atoms with Crippen LogP contribution in [0, 0.1) is 5.92 Å². The number of hydrogen-bond donors (Lipinski definition) is 2. The zero-order valence-corrected chi connectivity index (χ0v) is 11.8. The Hall–Kier alpha value is -1.82. The molecule has 0 spiro atoms. The number of amides is 1. The van der Waals surface area contributed by atoms with Crippen LogP contribution in [0.25, 0.3) is 0 Å². The number of aromatic nitrogens is 1. The molecule has 1 heterocycles. The summed E-state index contributed by atoms with van der Waals surface area (Å²) >= 11 is 5.74. The van der Waals surface area contributed by atoms with Crippen LogP contribution in [0.15, 0.2) is 18.3 Å². The van der Waals surface area contributed by atoms with Gasteiger partial charge in [0.2, 0.25) is 5.91 Å². The van der Waals surface area contributed by atoms with Gasteiger partial charge in [-0.15, -0.1) is 0 Å². The molecule has 2 N–H and O–H groups in total. The highest BCUT2D eigenvalue weighted by Crippen LogP contribution is 2.32. The number of carboxylic acids is 1. The number of halogens is 1. The summed E-state index contributed by atoms with van der Waals surface area (Å²) in [6.07, 6.45) is 3.20. The van der Waals surface area contributed by atoms with Crippen molar-refractivity contribution in [3.8, 4) is 0 Å². The maximum absolute atomic E-state index is 11.9. The molecule has 2 rings (SSSR count). The summed E-state index contributed by atoms with van der Waals surface area (Å²) in [5, 5.41) is 12.1. The number of aliphatic carboxylic acids is 1. The highest BCUT2D eigenvalue weighted by molar-refractivity contribution is 6.30. The molecular formula is C13H16ClN3O3. The number of carbonyl (C=O) groups is 2. The quantitative estimate of drug-likeness (QED) is 0.823. The Balaban J connectivity index is 1.90. The molecule has 108 valence electrons. The third-order valence-electron chi connectivity index (χ3n) is 3.16. The van der Waals surface area contributed by atoms with Crippen molar-refractivity contribution in [1.82, 2.24) is 10.3 Å². The minimum Gasteiger partial charge on any atom is -0.480 e. The fourth-order valence-electron chi connectivity index (χ4n) is 1.92. The van der Waals surface area contributed by atoms with E-state index in [1.807, 2.05) is 0 Å². The number of hydrogen-bond acceptors (Lipinski definition) is 4. The highest BCUT2D eigenvalue weighted by atomic mass is 35.5. The molecule has 1 aliphatic carbocycles. The number of anilines is 1. The number of likely N-dealkylation sites (N-methyl/N-ethyl adjacent to an activating group) is 1. The van der Waals surface area contributed by atoms with Crippen LogP contribution in [0.5, 0.6) is 0 Å². The average Bonchev–Trinajstić information content (AvgIpc) is 3.20. The molecule has 1 aromatic heterocycles. The molecule has 0 aromatic carbocycles. The van der Waals surface area contributed by atoms with Crippen LogP contribution in [0.4, 0.5) is 5.82 Å². The summed E-state index contributed by atoms with van der Waals surface area (Å²) in [6.45, 7) is 0.0468. The average molecular weight is 298 g/mol. The molecule has 0 radical (unpaired) electrons. The summed E-state index contributed by atoms with van der Waals surface area (Å²) in [7, 11) is 1.71. The molecule has 1 saturated carbocycles. The predicted octanol–water partition coefficient (Wildman–Crippen LogP) is 1.15. The largest absolute Gasteiger partial charge is 0.480 e. The van der Waals surface area contributed by atoms with E-state index in [2.05, 4.69) is 10.3 Å². The Morgan fingerprint density at radius 3 is 2.75 bits per heavy atom. The van der Waals surface area contributed by atoms with Crippen LogP contribution >= 0.6 is 11.6 Å². The molecule has 0 bridgehead atoms. The molecule has 1 aromatic rings. The van der Waals surface area contributed by atoms with Crippen molar-refractivity contribution in [2.24, 2.45) is 5.92 Å². The number of carboxylic acid groups (broad SMARTS) is 1. The summed E-state index contributed by atoms with van der Waals surface area (Å²) in [6, 6.07) is 2.60. The molecule has 1 fully saturated rings. The minimum absolute atomic E-state index is 0.0468. The second-order valence-corrected chi connectivity index (χ2v) is 5.35. The Morgan fingerprint density at radius 1 is 1.55 bits per heavy atom. The topological polar surface area (TPSA) is 82.5 Å². The van der Waals surface area contributed by atoms with E-state index in [9.17, 15) is 9.59 Å². The molecule has 20 heavy (non-hydrogen) atoms. The van der Waals surface area contributed by atoms with Crippen LogP contribution in [-0.4, -0.2) is 41.6 Å². The summed E-state index contributed by atoms with van der Waals surface area (Å²) in [5.74, 6) is -0.644. The molecule has 1 atom stereocenters. The first-order valence-electron chi connectivity index (χ1n) is 6.32. The number of nitrogens with zero attached hydrogens (tertiary/aromatic N) is 2. The van der Waals surface area contributed by atoms with Crippen molar-refractivity contribution >= 4 is 29.3 Å². The third kappa shape index (κ3) is 3.84. The molecule has 1 amide bonds. The van der Waals surface area contributed by atoms with E-state index in [-0.39, 0.29) is 18.4 Å². The SMILES string of the molecule is CN(CC(=O)NC(C(=O)O)C1CC1)c1ccc(Cl)cn1. The lowest BCUT2D eigenvalue weighted by Crippen LogP contribution is -2.46. The summed E-state index contributed by atoms with van der Waals surface area (Å²) < 4.78 is 0. The first-order chi connectivity index (χ1) is 9.47. The van der Waals surface area contributed by atoms with E-state index < -0.39 is 12.0 Å². The molecule has 0 saturated heterocycles. The van der Waals surface area contributed by atoms with Crippen LogP contribution in [0.3, 0.4) is 0 Å². The fourth-order valence-corrected chi connectivity index (χ4v) is 2.03. The fraction of sp³-hybridized carbons (Fsp3) is 0.462. The number of pyridine rings is 1. The molecule has 6 nitrogen and oxygen atoms in total. The van der Waals surface area contributed by atoms with Crippen molar-refractivity contribution in [2.75, 3.05) is 18.5 Å². The normalized spacial score (nSPS) is 15.5. The molecule has 7 heteroatoms. The second-order valence-electron chi connectivity index (χ2n) is 4.91. The molecular weight excluding hydrogens is 282 g/mol. The number of carbonyl (C=O) groups excluding carboxylic acids is 1. The van der Waals surface area contributed by atoms with Gasteiger partial charge in [-0.2, -0.15) is 0 Å². The van der Waals surface area contributed by atoms with Crippen molar-refractivity contribution in [3.05, 3.63) is 23.4 Å². The summed E-state index contributed by atoms with van der Waals surface area (Å²) in [5.41, 5.74) is 0. The molecule has 1 unspecified atom stereocenters. The lowest BCUT2D eigenvalue weighted by molar-refractivity contribution is -0.142. The molecule has 0 aliphatic heterocycles. The monoisotopic (exact) mass is 297 g/mol. The van der Waals surface area contributed by atoms with Gasteiger partial charge in [0.1, 0.15) is 11.9 Å². The van der Waals surface area contributed by atoms with Gasteiger partial charge in [-0.1, -0.05) is 11.6 Å². The van der Waals surface area contributed by atoms with Crippen molar-refractivity contribution in [2.45, 2.75) is 18.9 Å². The van der Waals surface area contributed by atoms with Crippen LogP contribution in [0.2, 0.25) is 5.02 Å². The Bertz CT molecular complexity index is 502. The van der Waals surface area contributed by atoms with E-state index >= 15 is 0 Å². The zero-order valence-electron chi connectivity index (χ0n) is 11.0. The first kappa shape index (κ1) is 14.6. The maximum Gasteiger partial charge on any atom is 0.326 e. The lowest BCUT2D eigenvalue weighted by atomic mass is 10.2. The third-order valence-corrected chi connectivity index (χ3v) is 3.38. The van der Waals surface area contributed by atoms with E-state index in [4.69, 9.17) is 16.7 Å². The van der Waals surface area contributed by atoms with E-state index in [1.54, 1.807) is 24.1 Å². The van der Waals surface area contributed by atoms with Crippen LogP contribution < -0.4 is 10.2 Å². The van der Waals surface area contributed by atoms with Gasteiger partial charge < -0.3 is 15.3 Å². The predicted molar refractivity (Wildman–Crippen MR) is 74.8 cm³/mol. The van der Waals surface area contributed by atoms with Crippen molar-refractivity contribution in [1.29, 1.82) is 0 Å². The van der Waals surface area contributed by atoms with Crippen molar-refractivity contribution in [3.63, 3.8) is 0 Å². The Morgan fingerprint density at radius 2 is 2.25 bits per heavy atom. The Kier molecular flexibility index (Phi) is 4.44. The van der Waals surface area contributed by atoms with Gasteiger partial charge >= 0.3 is 5.97 Å². The van der Waals surface area contributed by atoms with Gasteiger partial charge in [0.25, 0.3) is 0 Å². The first-order valence-corrected chi connectivity index (χ1v) is 6.70. The number of nitrogens with one attached hydrogen (secondary N) is 1. The number of rotatable bonds is 6. The van der Waals surface area contributed by atoms with Crippen LogP contribution in [0.1, 0.15) is 12.8 Å². The van der Waals surface area contributed by atoms with E-state index in [0.717, 1.165) is 12.8 Å². The maximum atomic E-state index is 11.9. The van der Waals surface area contributed by atoms with Gasteiger partial charge in [-0.05, 0) is 30.9 Å². The van der Waals surface area contributed by atoms with Crippen LogP contribution in [-0.2, 0) is 9.59 Å². The van der Waals surface area contributed by atoms with Gasteiger partial charge in [0.15, 0.2) is 0 Å². The highest BCUT2D eigenvalue weighted by Gasteiger charge is 2.37. The molecule has 1 aliphatic rings. The smallest absolute Gasteiger partial charge is 0.326 e. The standard InChI is InChI=1S/C13H16ClN3O3/c1-17(10-5-4-9(14)6-15-10)7-11(18)16-12(13(19)20)8-2-3-8/h4-6,8,12H,2-3,7H2,1H3,(H,16,18)(H,19,20). The van der Waals surface area contributed by atoms with Gasteiger partial charge in [-0.25, -0.2) is 9.78 Å². The van der Waals surface area contributed by atoms with Gasteiger partial charge in [0.05, 0.1) is 11.6 Å². The lowest BCUT2D eigenvalue weighted by Gasteiger charge is -2.19. The zero-order chi connectivity index (χ0) is 14.7. The van der Waals surface area contributed by atoms with Crippen molar-refractivity contribution < 1.29 is 14.7 Å².